The van der Waals surface area contributed by atoms with Crippen LogP contribution in [0.5, 0.6) is 0 Å². The standard InChI is InChI=1S/C17H17ClF2N2O2/c1-10(2)24-9-17(16(19)20)12-4-3-7-22(23)15(12)21-14-6-5-11(18)8-13(14)17/h3-8,10,16,23H,9H2,1-2H3. The Morgan fingerprint density at radius 3 is 2.79 bits per heavy atom. The van der Waals surface area contributed by atoms with Crippen LogP contribution in [0.25, 0.3) is 0 Å². The molecule has 24 heavy (non-hydrogen) atoms. The summed E-state index contributed by atoms with van der Waals surface area (Å²) in [5.74, 6) is 0.0694. The number of hydroxylamine groups is 2. The lowest BCUT2D eigenvalue weighted by molar-refractivity contribution is -0.0207. The molecule has 2 heterocycles. The largest absolute Gasteiger partial charge is 0.377 e. The maximum absolute atomic E-state index is 14.4. The Morgan fingerprint density at radius 2 is 2.12 bits per heavy atom. The Hall–Kier alpha value is -1.76. The third-order valence-corrected chi connectivity index (χ3v) is 4.35. The molecule has 0 saturated carbocycles. The first kappa shape index (κ1) is 17.1. The average molecular weight is 355 g/mol. The maximum atomic E-state index is 14.4. The first-order chi connectivity index (χ1) is 11.4. The highest BCUT2D eigenvalue weighted by Gasteiger charge is 2.52. The van der Waals surface area contributed by atoms with E-state index in [9.17, 15) is 14.0 Å². The number of rotatable bonds is 4. The van der Waals surface area contributed by atoms with Crippen molar-refractivity contribution in [3.05, 3.63) is 52.7 Å². The lowest BCUT2D eigenvalue weighted by atomic mass is 9.71. The summed E-state index contributed by atoms with van der Waals surface area (Å²) in [6.45, 7) is 3.31. The molecule has 2 aliphatic rings. The van der Waals surface area contributed by atoms with E-state index in [1.54, 1.807) is 26.0 Å². The maximum Gasteiger partial charge on any atom is 0.254 e. The third kappa shape index (κ3) is 2.64. The van der Waals surface area contributed by atoms with Crippen LogP contribution in [-0.4, -0.2) is 35.2 Å². The van der Waals surface area contributed by atoms with Crippen molar-refractivity contribution < 1.29 is 18.7 Å². The van der Waals surface area contributed by atoms with Crippen molar-refractivity contribution in [3.63, 3.8) is 0 Å². The number of hydrogen-bond acceptors (Lipinski definition) is 4. The normalized spacial score (nSPS) is 22.4. The Balaban J connectivity index is 2.27. The summed E-state index contributed by atoms with van der Waals surface area (Å²) in [5.41, 5.74) is -0.913. The number of alkyl halides is 2. The smallest absolute Gasteiger partial charge is 0.254 e. The Labute approximate surface area is 143 Å². The first-order valence-electron chi connectivity index (χ1n) is 7.52. The molecular formula is C17H17ClF2N2O2. The van der Waals surface area contributed by atoms with E-state index >= 15 is 0 Å². The number of nitrogens with zero attached hydrogens (tertiary/aromatic N) is 2. The Morgan fingerprint density at radius 1 is 1.38 bits per heavy atom. The molecule has 0 amide bonds. The van der Waals surface area contributed by atoms with Crippen LogP contribution in [0.2, 0.25) is 5.02 Å². The summed E-state index contributed by atoms with van der Waals surface area (Å²) in [6.07, 6.45) is 1.38. The van der Waals surface area contributed by atoms with Gasteiger partial charge in [0.25, 0.3) is 6.43 Å². The fraction of sp³-hybridized carbons (Fsp3) is 0.353. The van der Waals surface area contributed by atoms with Crippen LogP contribution in [0, 0.1) is 0 Å². The number of hydrogen-bond donors (Lipinski definition) is 1. The van der Waals surface area contributed by atoms with Crippen LogP contribution in [0.15, 0.2) is 47.1 Å². The summed E-state index contributed by atoms with van der Waals surface area (Å²) < 4.78 is 34.4. The summed E-state index contributed by atoms with van der Waals surface area (Å²) >= 11 is 6.05. The Bertz CT molecular complexity index is 746. The minimum Gasteiger partial charge on any atom is -0.377 e. The van der Waals surface area contributed by atoms with Crippen molar-refractivity contribution in [2.24, 2.45) is 4.99 Å². The second kappa shape index (κ2) is 6.27. The van der Waals surface area contributed by atoms with Crippen LogP contribution < -0.4 is 0 Å². The lowest BCUT2D eigenvalue weighted by Crippen LogP contribution is -2.49. The SMILES string of the molecule is CC(C)OCC1(C(F)F)C2=CC=CN(O)C2=Nc2ccc(Cl)cc21. The number of amidine groups is 1. The van der Waals surface area contributed by atoms with E-state index in [1.165, 1.54) is 24.4 Å². The van der Waals surface area contributed by atoms with Gasteiger partial charge in [0.1, 0.15) is 5.41 Å². The van der Waals surface area contributed by atoms with Gasteiger partial charge < -0.3 is 4.74 Å². The van der Waals surface area contributed by atoms with Gasteiger partial charge in [-0.1, -0.05) is 17.7 Å². The predicted octanol–water partition coefficient (Wildman–Crippen LogP) is 4.46. The fourth-order valence-corrected chi connectivity index (χ4v) is 3.10. The number of ether oxygens (including phenoxy) is 1. The number of aliphatic imine (C=N–C) groups is 1. The van der Waals surface area contributed by atoms with E-state index in [2.05, 4.69) is 4.99 Å². The van der Waals surface area contributed by atoms with E-state index in [4.69, 9.17) is 16.3 Å². The van der Waals surface area contributed by atoms with Crippen LogP contribution in [-0.2, 0) is 10.2 Å². The quantitative estimate of drug-likeness (QED) is 0.868. The number of allylic oxidation sites excluding steroid dienone is 2. The highest BCUT2D eigenvalue weighted by molar-refractivity contribution is 6.30. The Kier molecular flexibility index (Phi) is 4.46. The van der Waals surface area contributed by atoms with Gasteiger partial charge in [-0.15, -0.1) is 0 Å². The molecule has 1 N–H and O–H groups in total. The molecule has 7 heteroatoms. The zero-order valence-corrected chi connectivity index (χ0v) is 14.0. The van der Waals surface area contributed by atoms with Crippen LogP contribution in [0.1, 0.15) is 19.4 Å². The highest BCUT2D eigenvalue weighted by atomic mass is 35.5. The van der Waals surface area contributed by atoms with Gasteiger partial charge in [0.2, 0.25) is 0 Å². The molecule has 0 aromatic heterocycles. The number of fused-ring (bicyclic) bond motifs is 2. The fourth-order valence-electron chi connectivity index (χ4n) is 2.92. The van der Waals surface area contributed by atoms with Crippen LogP contribution in [0.4, 0.5) is 14.5 Å². The van der Waals surface area contributed by atoms with Gasteiger partial charge in [0.15, 0.2) is 5.84 Å². The second-order valence-corrected chi connectivity index (χ2v) is 6.43. The number of halogens is 3. The first-order valence-corrected chi connectivity index (χ1v) is 7.90. The molecule has 1 aromatic rings. The molecule has 0 bridgehead atoms. The molecule has 0 fully saturated rings. The van der Waals surface area contributed by atoms with Crippen molar-refractivity contribution in [1.29, 1.82) is 0 Å². The van der Waals surface area contributed by atoms with Crippen molar-refractivity contribution in [2.45, 2.75) is 31.8 Å². The monoisotopic (exact) mass is 354 g/mol. The molecule has 4 nitrogen and oxygen atoms in total. The van der Waals surface area contributed by atoms with E-state index in [0.29, 0.717) is 16.3 Å². The molecular weight excluding hydrogens is 338 g/mol. The molecule has 1 atom stereocenters. The average Bonchev–Trinajstić information content (AvgIpc) is 2.52. The van der Waals surface area contributed by atoms with Crippen LogP contribution in [0.3, 0.4) is 0 Å². The summed E-state index contributed by atoms with van der Waals surface area (Å²) in [5, 5.41) is 11.1. The van der Waals surface area contributed by atoms with Gasteiger partial charge in [0.05, 0.1) is 18.4 Å². The van der Waals surface area contributed by atoms with Gasteiger partial charge in [-0.05, 0) is 43.7 Å². The van der Waals surface area contributed by atoms with Crippen molar-refractivity contribution in [1.82, 2.24) is 5.06 Å². The van der Waals surface area contributed by atoms with Crippen molar-refractivity contribution >= 4 is 23.1 Å². The van der Waals surface area contributed by atoms with E-state index in [0.717, 1.165) is 5.06 Å². The topological polar surface area (TPSA) is 45.1 Å². The minimum atomic E-state index is -2.77. The van der Waals surface area contributed by atoms with E-state index in [-0.39, 0.29) is 24.1 Å². The molecule has 1 aromatic carbocycles. The summed E-state index contributed by atoms with van der Waals surface area (Å²) in [4.78, 5) is 4.32. The lowest BCUT2D eigenvalue weighted by Gasteiger charge is -2.41. The minimum absolute atomic E-state index is 0.0694. The molecule has 128 valence electrons. The number of benzene rings is 1. The zero-order chi connectivity index (χ0) is 17.5. The van der Waals surface area contributed by atoms with Crippen molar-refractivity contribution in [3.8, 4) is 0 Å². The predicted molar refractivity (Wildman–Crippen MR) is 88.2 cm³/mol. The summed E-state index contributed by atoms with van der Waals surface area (Å²) in [6, 6.07) is 4.65. The molecule has 0 aliphatic carbocycles. The van der Waals surface area contributed by atoms with Gasteiger partial charge in [-0.2, -0.15) is 0 Å². The van der Waals surface area contributed by atoms with Gasteiger partial charge in [-0.25, -0.2) is 18.8 Å². The van der Waals surface area contributed by atoms with Gasteiger partial charge >= 0.3 is 0 Å². The van der Waals surface area contributed by atoms with E-state index < -0.39 is 11.8 Å². The molecule has 1 unspecified atom stereocenters. The zero-order valence-electron chi connectivity index (χ0n) is 13.2. The molecule has 0 spiro atoms. The van der Waals surface area contributed by atoms with E-state index in [1.807, 2.05) is 0 Å². The third-order valence-electron chi connectivity index (χ3n) is 4.11. The highest BCUT2D eigenvalue weighted by Crippen LogP contribution is 2.49. The molecule has 0 saturated heterocycles. The molecule has 0 radical (unpaired) electrons. The molecule has 2 aliphatic heterocycles. The van der Waals surface area contributed by atoms with Crippen LogP contribution >= 0.6 is 11.6 Å². The van der Waals surface area contributed by atoms with Crippen molar-refractivity contribution in [2.75, 3.05) is 6.61 Å². The van der Waals surface area contributed by atoms with Gasteiger partial charge in [0, 0.05) is 16.8 Å². The summed E-state index contributed by atoms with van der Waals surface area (Å²) in [7, 11) is 0. The molecule has 3 rings (SSSR count). The van der Waals surface area contributed by atoms with Gasteiger partial charge in [-0.3, -0.25) is 5.21 Å². The second-order valence-electron chi connectivity index (χ2n) is 6.00.